The van der Waals surface area contributed by atoms with E-state index >= 15 is 0 Å². The lowest BCUT2D eigenvalue weighted by molar-refractivity contribution is 0.0651. The summed E-state index contributed by atoms with van der Waals surface area (Å²) in [5.74, 6) is 0.693. The minimum absolute atomic E-state index is 0.197. The van der Waals surface area contributed by atoms with Crippen LogP contribution in [0, 0.1) is 11.8 Å². The average Bonchev–Trinajstić information content (AvgIpc) is 2.12. The highest BCUT2D eigenvalue weighted by Crippen LogP contribution is 2.24. The maximum absolute atomic E-state index is 9.84. The minimum Gasteiger partial charge on any atom is -0.393 e. The first-order valence-corrected chi connectivity index (χ1v) is 6.46. The molecule has 3 heteroatoms. The molecule has 74 valence electrons. The predicted octanol–water partition coefficient (Wildman–Crippen LogP) is 3.19. The lowest BCUT2D eigenvalue weighted by Gasteiger charge is -2.26. The van der Waals surface area contributed by atoms with Crippen LogP contribution >= 0.6 is 31.9 Å². The Bertz CT molecular complexity index is 105. The van der Waals surface area contributed by atoms with Crippen LogP contribution in [-0.4, -0.2) is 21.4 Å². The van der Waals surface area contributed by atoms with E-state index in [2.05, 4.69) is 52.6 Å². The number of aliphatic hydroxyl groups excluding tert-OH is 1. The summed E-state index contributed by atoms with van der Waals surface area (Å²) in [6.45, 7) is 6.28. The van der Waals surface area contributed by atoms with Gasteiger partial charge in [-0.05, 0) is 11.8 Å². The number of hydrogen-bond acceptors (Lipinski definition) is 1. The summed E-state index contributed by atoms with van der Waals surface area (Å²) in [7, 11) is 0. The van der Waals surface area contributed by atoms with E-state index in [-0.39, 0.29) is 6.10 Å². The monoisotopic (exact) mass is 300 g/mol. The van der Waals surface area contributed by atoms with Gasteiger partial charge in [0.2, 0.25) is 0 Å². The molecule has 1 nitrogen and oxygen atoms in total. The Labute approximate surface area is 92.2 Å². The van der Waals surface area contributed by atoms with Gasteiger partial charge in [0.15, 0.2) is 0 Å². The zero-order valence-corrected chi connectivity index (χ0v) is 11.1. The van der Waals surface area contributed by atoms with Crippen LogP contribution in [0.15, 0.2) is 0 Å². The lowest BCUT2D eigenvalue weighted by atomic mass is 9.90. The predicted molar refractivity (Wildman–Crippen MR) is 61.1 cm³/mol. The van der Waals surface area contributed by atoms with E-state index in [1.54, 1.807) is 0 Å². The van der Waals surface area contributed by atoms with E-state index in [9.17, 15) is 5.11 Å². The van der Waals surface area contributed by atoms with Crippen molar-refractivity contribution in [3.63, 3.8) is 0 Å². The van der Waals surface area contributed by atoms with E-state index < -0.39 is 0 Å². The molecule has 0 aliphatic rings. The molecule has 0 saturated carbocycles. The van der Waals surface area contributed by atoms with Gasteiger partial charge in [0.05, 0.1) is 6.10 Å². The number of halogens is 2. The number of alkyl halides is 2. The third-order valence-corrected chi connectivity index (χ3v) is 5.21. The molecule has 1 N–H and O–H groups in total. The SMILES string of the molecule is CCC(C)C(O)C(C)C(Br)CBr. The molecule has 0 saturated heterocycles. The number of aliphatic hydroxyl groups is 1. The first-order valence-electron chi connectivity index (χ1n) is 4.42. The molecular weight excluding hydrogens is 284 g/mol. The van der Waals surface area contributed by atoms with E-state index in [0.29, 0.717) is 16.7 Å². The van der Waals surface area contributed by atoms with E-state index in [4.69, 9.17) is 0 Å². The maximum Gasteiger partial charge on any atom is 0.0602 e. The molecule has 4 unspecified atom stereocenters. The molecule has 4 atom stereocenters. The fourth-order valence-electron chi connectivity index (χ4n) is 1.11. The Morgan fingerprint density at radius 1 is 1.33 bits per heavy atom. The molecule has 0 rings (SSSR count). The number of hydrogen-bond donors (Lipinski definition) is 1. The average molecular weight is 302 g/mol. The smallest absolute Gasteiger partial charge is 0.0602 e. The first kappa shape index (κ1) is 12.9. The quantitative estimate of drug-likeness (QED) is 0.773. The second kappa shape index (κ2) is 6.39. The van der Waals surface area contributed by atoms with Crippen LogP contribution in [0.2, 0.25) is 0 Å². The van der Waals surface area contributed by atoms with Crippen molar-refractivity contribution in [2.45, 2.75) is 38.1 Å². The van der Waals surface area contributed by atoms with Crippen molar-refractivity contribution in [3.8, 4) is 0 Å². The van der Waals surface area contributed by atoms with Gasteiger partial charge in [-0.2, -0.15) is 0 Å². The Balaban J connectivity index is 3.99. The van der Waals surface area contributed by atoms with Crippen molar-refractivity contribution in [1.82, 2.24) is 0 Å². The Morgan fingerprint density at radius 2 is 1.83 bits per heavy atom. The third kappa shape index (κ3) is 3.75. The summed E-state index contributed by atoms with van der Waals surface area (Å²) in [6.07, 6.45) is 0.838. The van der Waals surface area contributed by atoms with Crippen LogP contribution in [0.25, 0.3) is 0 Å². The largest absolute Gasteiger partial charge is 0.393 e. The summed E-state index contributed by atoms with van der Waals surface area (Å²) in [5, 5.41) is 10.7. The highest BCUT2D eigenvalue weighted by molar-refractivity contribution is 9.12. The summed E-state index contributed by atoms with van der Waals surface area (Å²) >= 11 is 6.93. The zero-order chi connectivity index (χ0) is 9.72. The molecule has 0 aromatic carbocycles. The highest BCUT2D eigenvalue weighted by atomic mass is 79.9. The molecule has 0 aliphatic carbocycles. The topological polar surface area (TPSA) is 20.2 Å². The lowest BCUT2D eigenvalue weighted by Crippen LogP contribution is -2.31. The molecule has 0 aliphatic heterocycles. The van der Waals surface area contributed by atoms with Gasteiger partial charge in [0, 0.05) is 10.2 Å². The first-order chi connectivity index (χ1) is 5.54. The summed E-state index contributed by atoms with van der Waals surface area (Å²) in [6, 6.07) is 0. The van der Waals surface area contributed by atoms with E-state index in [1.807, 2.05) is 0 Å². The Hall–Kier alpha value is 0.920. The van der Waals surface area contributed by atoms with Crippen LogP contribution in [0.1, 0.15) is 27.2 Å². The number of rotatable bonds is 5. The Morgan fingerprint density at radius 3 is 2.17 bits per heavy atom. The summed E-state index contributed by atoms with van der Waals surface area (Å²) in [5.41, 5.74) is 0. The molecule has 0 fully saturated rings. The molecule has 0 aromatic rings. The molecular formula is C9H18Br2O. The molecule has 0 radical (unpaired) electrons. The van der Waals surface area contributed by atoms with Crippen molar-refractivity contribution >= 4 is 31.9 Å². The van der Waals surface area contributed by atoms with Crippen LogP contribution in [0.5, 0.6) is 0 Å². The zero-order valence-electron chi connectivity index (χ0n) is 7.93. The van der Waals surface area contributed by atoms with E-state index in [0.717, 1.165) is 11.8 Å². The maximum atomic E-state index is 9.84. The van der Waals surface area contributed by atoms with Gasteiger partial charge in [-0.3, -0.25) is 0 Å². The van der Waals surface area contributed by atoms with Crippen LogP contribution < -0.4 is 0 Å². The van der Waals surface area contributed by atoms with Gasteiger partial charge in [0.1, 0.15) is 0 Å². The standard InChI is InChI=1S/C9H18Br2O/c1-4-6(2)9(12)7(3)8(11)5-10/h6-9,12H,4-5H2,1-3H3. The van der Waals surface area contributed by atoms with Crippen molar-refractivity contribution in [1.29, 1.82) is 0 Å². The second-order valence-corrected chi connectivity index (χ2v) is 5.23. The van der Waals surface area contributed by atoms with Gasteiger partial charge in [-0.15, -0.1) is 0 Å². The van der Waals surface area contributed by atoms with Gasteiger partial charge in [0.25, 0.3) is 0 Å². The van der Waals surface area contributed by atoms with Gasteiger partial charge in [-0.25, -0.2) is 0 Å². The van der Waals surface area contributed by atoms with Crippen molar-refractivity contribution < 1.29 is 5.11 Å². The van der Waals surface area contributed by atoms with E-state index in [1.165, 1.54) is 0 Å². The van der Waals surface area contributed by atoms with Crippen LogP contribution in [0.3, 0.4) is 0 Å². The minimum atomic E-state index is -0.197. The molecule has 0 amide bonds. The Kier molecular flexibility index (Phi) is 6.87. The fourth-order valence-corrected chi connectivity index (χ4v) is 2.02. The summed E-state index contributed by atoms with van der Waals surface area (Å²) in [4.78, 5) is 0.362. The van der Waals surface area contributed by atoms with Crippen LogP contribution in [-0.2, 0) is 0 Å². The highest BCUT2D eigenvalue weighted by Gasteiger charge is 2.24. The van der Waals surface area contributed by atoms with Gasteiger partial charge < -0.3 is 5.11 Å². The third-order valence-electron chi connectivity index (χ3n) is 2.48. The van der Waals surface area contributed by atoms with Crippen molar-refractivity contribution in [3.05, 3.63) is 0 Å². The van der Waals surface area contributed by atoms with Crippen LogP contribution in [0.4, 0.5) is 0 Å². The normalized spacial score (nSPS) is 21.5. The van der Waals surface area contributed by atoms with Crippen molar-refractivity contribution in [2.24, 2.45) is 11.8 Å². The molecule has 0 aromatic heterocycles. The van der Waals surface area contributed by atoms with Gasteiger partial charge in [-0.1, -0.05) is 59.1 Å². The summed E-state index contributed by atoms with van der Waals surface area (Å²) < 4.78 is 0. The van der Waals surface area contributed by atoms with Crippen molar-refractivity contribution in [2.75, 3.05) is 5.33 Å². The second-order valence-electron chi connectivity index (χ2n) is 3.41. The molecule has 0 spiro atoms. The molecule has 12 heavy (non-hydrogen) atoms. The molecule has 0 bridgehead atoms. The van der Waals surface area contributed by atoms with Gasteiger partial charge >= 0.3 is 0 Å². The molecule has 0 heterocycles. The fraction of sp³-hybridized carbons (Fsp3) is 1.00.